The maximum atomic E-state index is 15.8. The Kier molecular flexibility index (Phi) is 7.46. The van der Waals surface area contributed by atoms with E-state index in [-0.39, 0.29) is 30.1 Å². The van der Waals surface area contributed by atoms with E-state index in [0.29, 0.717) is 30.1 Å². The summed E-state index contributed by atoms with van der Waals surface area (Å²) in [6, 6.07) is 13.1. The Balaban J connectivity index is 1.38. The number of halogens is 1. The minimum absolute atomic E-state index is 0.0908. The fourth-order valence-electron chi connectivity index (χ4n) is 6.29. The minimum Gasteiger partial charge on any atom is -0.481 e. The number of carboxylic acids is 1. The van der Waals surface area contributed by atoms with Gasteiger partial charge < -0.3 is 9.84 Å². The summed E-state index contributed by atoms with van der Waals surface area (Å²) < 4.78 is 21.0. The van der Waals surface area contributed by atoms with Crippen molar-refractivity contribution in [3.8, 4) is 5.88 Å². The number of amides is 3. The number of aromatic nitrogens is 3. The highest BCUT2D eigenvalue weighted by molar-refractivity contribution is 6.19. The number of nitrogens with zero attached hydrogens (tertiary/aromatic N) is 6. The van der Waals surface area contributed by atoms with Gasteiger partial charge in [-0.2, -0.15) is 0 Å². The minimum atomic E-state index is -2.28. The lowest BCUT2D eigenvalue weighted by Gasteiger charge is -2.42. The van der Waals surface area contributed by atoms with Crippen LogP contribution in [0, 0.1) is 6.92 Å². The van der Waals surface area contributed by atoms with E-state index >= 15 is 4.39 Å². The molecule has 1 atom stereocenters. The molecule has 4 heterocycles. The number of aryl methyl sites for hydroxylation is 1. The van der Waals surface area contributed by atoms with Gasteiger partial charge in [-0.25, -0.2) is 28.8 Å². The summed E-state index contributed by atoms with van der Waals surface area (Å²) in [6.07, 6.45) is 5.20. The van der Waals surface area contributed by atoms with Gasteiger partial charge in [-0.15, -0.1) is 0 Å². The fraction of sp³-hybridized carbons (Fsp3) is 0.312. The van der Waals surface area contributed by atoms with Crippen LogP contribution in [0.5, 0.6) is 5.88 Å². The van der Waals surface area contributed by atoms with Crippen LogP contribution >= 0.6 is 0 Å². The van der Waals surface area contributed by atoms with Crippen LogP contribution in [-0.2, 0) is 16.1 Å². The van der Waals surface area contributed by atoms with Gasteiger partial charge in [0.1, 0.15) is 23.5 Å². The van der Waals surface area contributed by atoms with Crippen molar-refractivity contribution < 1.29 is 28.6 Å². The molecule has 2 fully saturated rings. The third kappa shape index (κ3) is 4.71. The molecule has 0 radical (unpaired) electrons. The van der Waals surface area contributed by atoms with E-state index < -0.39 is 41.2 Å². The average molecular weight is 599 g/mol. The molecule has 1 aromatic carbocycles. The standard InChI is InChI=1S/C32H31FN6O5/c1-21-7-6-14-34-25(21)19-37-15-12-31(13-16-37)28(40)39(30(43)38(31)26-17-27(44-2)36-20-35-26)32(29(41)42)11-10-23(24(33)18-32)22-8-4-3-5-9-22/h3-11,14,17,20H,12-13,15-16,18-19H2,1-2H3,(H,41,42). The lowest BCUT2D eigenvalue weighted by Crippen LogP contribution is -2.59. The maximum Gasteiger partial charge on any atom is 0.334 e. The number of carbonyl (C=O) groups is 3. The molecule has 12 heteroatoms. The first-order valence-corrected chi connectivity index (χ1v) is 14.2. The van der Waals surface area contributed by atoms with Gasteiger partial charge in [0.15, 0.2) is 5.54 Å². The molecule has 1 N–H and O–H groups in total. The number of ether oxygens (including phenoxy) is 1. The second-order valence-electron chi connectivity index (χ2n) is 11.2. The lowest BCUT2D eigenvalue weighted by molar-refractivity contribution is -0.153. The largest absolute Gasteiger partial charge is 0.481 e. The second-order valence-corrected chi connectivity index (χ2v) is 11.2. The molecule has 3 aliphatic rings. The summed E-state index contributed by atoms with van der Waals surface area (Å²) in [5, 5.41) is 10.6. The first-order valence-electron chi connectivity index (χ1n) is 14.2. The zero-order chi connectivity index (χ0) is 31.1. The molecule has 1 unspecified atom stereocenters. The van der Waals surface area contributed by atoms with E-state index in [1.165, 1.54) is 36.6 Å². The number of aliphatic carboxylic acids is 1. The Morgan fingerprint density at radius 1 is 1.05 bits per heavy atom. The van der Waals surface area contributed by atoms with Gasteiger partial charge in [0, 0.05) is 43.9 Å². The van der Waals surface area contributed by atoms with Crippen molar-refractivity contribution in [3.05, 3.63) is 95.9 Å². The summed E-state index contributed by atoms with van der Waals surface area (Å²) >= 11 is 0. The molecule has 1 spiro atoms. The van der Waals surface area contributed by atoms with Crippen LogP contribution in [0.3, 0.4) is 0 Å². The molecule has 3 amide bonds. The number of methoxy groups -OCH3 is 1. The first-order chi connectivity index (χ1) is 21.2. The molecule has 6 rings (SSSR count). The van der Waals surface area contributed by atoms with Gasteiger partial charge in [-0.1, -0.05) is 42.5 Å². The molecule has 11 nitrogen and oxygen atoms in total. The number of carbonyl (C=O) groups excluding carboxylic acids is 2. The van der Waals surface area contributed by atoms with E-state index in [9.17, 15) is 19.5 Å². The number of allylic oxidation sites excluding steroid dienone is 2. The van der Waals surface area contributed by atoms with Crippen LogP contribution in [0.15, 0.2) is 79.0 Å². The average Bonchev–Trinajstić information content (AvgIpc) is 3.24. The molecule has 1 aliphatic carbocycles. The van der Waals surface area contributed by atoms with Gasteiger partial charge >= 0.3 is 12.0 Å². The summed E-state index contributed by atoms with van der Waals surface area (Å²) in [6.45, 7) is 3.37. The normalized spacial score (nSPS) is 21.8. The third-order valence-corrected chi connectivity index (χ3v) is 8.75. The Morgan fingerprint density at radius 2 is 1.80 bits per heavy atom. The Bertz CT molecular complexity index is 1690. The quantitative estimate of drug-likeness (QED) is 0.399. The van der Waals surface area contributed by atoms with Crippen molar-refractivity contribution in [1.82, 2.24) is 24.8 Å². The summed E-state index contributed by atoms with van der Waals surface area (Å²) in [7, 11) is 1.41. The number of anilines is 1. The topological polar surface area (TPSA) is 129 Å². The zero-order valence-electron chi connectivity index (χ0n) is 24.3. The van der Waals surface area contributed by atoms with Gasteiger partial charge in [0.05, 0.1) is 12.8 Å². The molecular formula is C32H31FN6O5. The number of rotatable bonds is 7. The predicted octanol–water partition coefficient (Wildman–Crippen LogP) is 4.16. The molecule has 2 aliphatic heterocycles. The van der Waals surface area contributed by atoms with E-state index in [1.54, 1.807) is 36.5 Å². The number of likely N-dealkylation sites (tertiary alicyclic amines) is 1. The van der Waals surface area contributed by atoms with Crippen molar-refractivity contribution in [1.29, 1.82) is 0 Å². The van der Waals surface area contributed by atoms with Crippen LogP contribution in [-0.4, -0.2) is 79.0 Å². The SMILES string of the molecule is COc1cc(N2C(=O)N(C3(C(=O)O)C=CC(c4ccccc4)=C(F)C3)C(=O)C23CCN(Cc2ncccc2C)CC3)ncn1. The molecule has 226 valence electrons. The van der Waals surface area contributed by atoms with E-state index in [4.69, 9.17) is 4.74 Å². The van der Waals surface area contributed by atoms with Crippen molar-refractivity contribution in [3.63, 3.8) is 0 Å². The lowest BCUT2D eigenvalue weighted by atomic mass is 9.82. The van der Waals surface area contributed by atoms with E-state index in [1.807, 2.05) is 19.1 Å². The van der Waals surface area contributed by atoms with Crippen LogP contribution in [0.2, 0.25) is 0 Å². The summed E-state index contributed by atoms with van der Waals surface area (Å²) in [4.78, 5) is 58.7. The molecule has 2 saturated heterocycles. The van der Waals surface area contributed by atoms with Gasteiger partial charge in [0.25, 0.3) is 5.91 Å². The number of pyridine rings is 1. The van der Waals surface area contributed by atoms with E-state index in [0.717, 1.165) is 11.3 Å². The van der Waals surface area contributed by atoms with Crippen molar-refractivity contribution in [2.45, 2.75) is 43.8 Å². The van der Waals surface area contributed by atoms with E-state index in [2.05, 4.69) is 19.9 Å². The molecule has 0 bridgehead atoms. The highest BCUT2D eigenvalue weighted by Gasteiger charge is 2.65. The van der Waals surface area contributed by atoms with Gasteiger partial charge in [-0.05, 0) is 43.0 Å². The van der Waals surface area contributed by atoms with Crippen molar-refractivity contribution in [2.75, 3.05) is 25.1 Å². The number of imide groups is 1. The zero-order valence-corrected chi connectivity index (χ0v) is 24.3. The number of piperidine rings is 1. The van der Waals surface area contributed by atoms with Crippen LogP contribution in [0.25, 0.3) is 5.57 Å². The highest BCUT2D eigenvalue weighted by Crippen LogP contribution is 2.46. The second kappa shape index (κ2) is 11.3. The van der Waals surface area contributed by atoms with Gasteiger partial charge in [-0.3, -0.25) is 19.6 Å². The van der Waals surface area contributed by atoms with Gasteiger partial charge in [0.2, 0.25) is 5.88 Å². The fourth-order valence-corrected chi connectivity index (χ4v) is 6.29. The number of benzene rings is 1. The number of hydrogen-bond donors (Lipinski definition) is 1. The first kappa shape index (κ1) is 29.1. The van der Waals surface area contributed by atoms with Crippen LogP contribution < -0.4 is 9.64 Å². The Hall–Kier alpha value is -4.97. The molecule has 2 aromatic heterocycles. The number of urea groups is 1. The molecular weight excluding hydrogens is 567 g/mol. The number of carboxylic acid groups (broad SMARTS) is 1. The monoisotopic (exact) mass is 598 g/mol. The maximum absolute atomic E-state index is 15.8. The summed E-state index contributed by atoms with van der Waals surface area (Å²) in [5.74, 6) is -2.71. The number of hydrogen-bond acceptors (Lipinski definition) is 8. The van der Waals surface area contributed by atoms with Crippen LogP contribution in [0.1, 0.15) is 36.1 Å². The third-order valence-electron chi connectivity index (χ3n) is 8.75. The summed E-state index contributed by atoms with van der Waals surface area (Å²) in [5.41, 5.74) is -1.03. The van der Waals surface area contributed by atoms with Crippen molar-refractivity contribution >= 4 is 29.3 Å². The molecule has 44 heavy (non-hydrogen) atoms. The smallest absolute Gasteiger partial charge is 0.334 e. The molecule has 3 aromatic rings. The predicted molar refractivity (Wildman–Crippen MR) is 158 cm³/mol. The molecule has 0 saturated carbocycles. The Labute approximate surface area is 253 Å². The Morgan fingerprint density at radius 3 is 2.45 bits per heavy atom. The van der Waals surface area contributed by atoms with Crippen LogP contribution in [0.4, 0.5) is 15.0 Å². The van der Waals surface area contributed by atoms with Crippen molar-refractivity contribution in [2.24, 2.45) is 0 Å². The highest BCUT2D eigenvalue weighted by atomic mass is 19.1.